The molecule has 2 aliphatic rings. The van der Waals surface area contributed by atoms with Gasteiger partial charge in [0.25, 0.3) is 0 Å². The van der Waals surface area contributed by atoms with Crippen LogP contribution in [0.15, 0.2) is 30.3 Å². The van der Waals surface area contributed by atoms with E-state index in [1.807, 2.05) is 18.2 Å². The molecule has 2 saturated heterocycles. The molecule has 19 heavy (non-hydrogen) atoms. The summed E-state index contributed by atoms with van der Waals surface area (Å²) in [5, 5.41) is 11.1. The van der Waals surface area contributed by atoms with Crippen molar-refractivity contribution in [1.29, 1.82) is 0 Å². The van der Waals surface area contributed by atoms with Crippen molar-refractivity contribution in [3.63, 3.8) is 0 Å². The van der Waals surface area contributed by atoms with Crippen molar-refractivity contribution < 1.29 is 5.11 Å². The Morgan fingerprint density at radius 1 is 1.05 bits per heavy atom. The van der Waals surface area contributed by atoms with Crippen molar-refractivity contribution >= 4 is 0 Å². The zero-order valence-electron chi connectivity index (χ0n) is 12.3. The number of aliphatic hydroxyl groups is 1. The first-order valence-corrected chi connectivity index (χ1v) is 7.46. The zero-order chi connectivity index (χ0) is 13.7. The van der Waals surface area contributed by atoms with Gasteiger partial charge in [0.05, 0.1) is 5.60 Å². The molecule has 2 nitrogen and oxygen atoms in total. The van der Waals surface area contributed by atoms with Gasteiger partial charge in [0, 0.05) is 17.6 Å². The number of piperidine rings is 1. The van der Waals surface area contributed by atoms with Crippen molar-refractivity contribution in [3.8, 4) is 0 Å². The summed E-state index contributed by atoms with van der Waals surface area (Å²) < 4.78 is 0. The lowest BCUT2D eigenvalue weighted by Crippen LogP contribution is -2.56. The topological polar surface area (TPSA) is 23.5 Å². The number of nitrogens with zero attached hydrogens (tertiary/aromatic N) is 1. The summed E-state index contributed by atoms with van der Waals surface area (Å²) >= 11 is 0. The first-order chi connectivity index (χ1) is 8.90. The molecular formula is C17H25NO. The van der Waals surface area contributed by atoms with Gasteiger partial charge in [-0.3, -0.25) is 4.90 Å². The third-order valence-corrected chi connectivity index (χ3v) is 4.85. The number of fused-ring (bicyclic) bond motifs is 2. The van der Waals surface area contributed by atoms with E-state index < -0.39 is 5.60 Å². The lowest BCUT2D eigenvalue weighted by Gasteiger charge is -2.50. The first-order valence-electron chi connectivity index (χ1n) is 7.46. The van der Waals surface area contributed by atoms with Crippen molar-refractivity contribution in [2.45, 2.75) is 69.7 Å². The Morgan fingerprint density at radius 2 is 1.58 bits per heavy atom. The molecule has 3 atom stereocenters. The highest BCUT2D eigenvalue weighted by Crippen LogP contribution is 2.48. The van der Waals surface area contributed by atoms with Crippen molar-refractivity contribution in [2.75, 3.05) is 0 Å². The number of hydrogen-bond donors (Lipinski definition) is 1. The number of hydrogen-bond acceptors (Lipinski definition) is 2. The lowest BCUT2D eigenvalue weighted by atomic mass is 9.79. The Hall–Kier alpha value is -0.860. The van der Waals surface area contributed by atoms with Crippen molar-refractivity contribution in [2.24, 2.45) is 0 Å². The molecular weight excluding hydrogens is 234 g/mol. The van der Waals surface area contributed by atoms with E-state index >= 15 is 0 Å². The Labute approximate surface area is 116 Å². The highest BCUT2D eigenvalue weighted by molar-refractivity contribution is 5.25. The average Bonchev–Trinajstić information content (AvgIpc) is 2.64. The Bertz CT molecular complexity index is 434. The van der Waals surface area contributed by atoms with Crippen LogP contribution in [0.2, 0.25) is 0 Å². The van der Waals surface area contributed by atoms with E-state index in [-0.39, 0.29) is 5.54 Å². The minimum atomic E-state index is -0.616. The molecule has 0 aliphatic carbocycles. The fourth-order valence-corrected chi connectivity index (χ4v) is 4.30. The Balaban J connectivity index is 1.88. The molecule has 0 saturated carbocycles. The molecule has 2 aliphatic heterocycles. The van der Waals surface area contributed by atoms with E-state index in [1.165, 1.54) is 12.8 Å². The van der Waals surface area contributed by atoms with Gasteiger partial charge < -0.3 is 5.11 Å². The number of benzene rings is 1. The molecule has 1 aromatic carbocycles. The van der Waals surface area contributed by atoms with Crippen LogP contribution in [-0.2, 0) is 5.60 Å². The molecule has 1 N–H and O–H groups in total. The average molecular weight is 259 g/mol. The molecule has 0 spiro atoms. The summed E-state index contributed by atoms with van der Waals surface area (Å²) in [7, 11) is 0. The Kier molecular flexibility index (Phi) is 2.99. The quantitative estimate of drug-likeness (QED) is 0.836. The van der Waals surface area contributed by atoms with Gasteiger partial charge in [0.15, 0.2) is 0 Å². The van der Waals surface area contributed by atoms with Crippen LogP contribution in [0, 0.1) is 0 Å². The fourth-order valence-electron chi connectivity index (χ4n) is 4.30. The zero-order valence-corrected chi connectivity index (χ0v) is 12.3. The summed E-state index contributed by atoms with van der Waals surface area (Å²) in [4.78, 5) is 2.64. The monoisotopic (exact) mass is 259 g/mol. The van der Waals surface area contributed by atoms with Gasteiger partial charge in [-0.05, 0) is 52.0 Å². The van der Waals surface area contributed by atoms with Crippen molar-refractivity contribution in [3.05, 3.63) is 35.9 Å². The summed E-state index contributed by atoms with van der Waals surface area (Å²) in [6.45, 7) is 6.89. The van der Waals surface area contributed by atoms with Crippen LogP contribution in [0.25, 0.3) is 0 Å². The second-order valence-electron chi connectivity index (χ2n) is 7.27. The second kappa shape index (κ2) is 4.32. The summed E-state index contributed by atoms with van der Waals surface area (Å²) in [6.07, 6.45) is 4.23. The predicted octanol–water partition coefficient (Wildman–Crippen LogP) is 3.30. The molecule has 1 unspecified atom stereocenters. The van der Waals surface area contributed by atoms with Gasteiger partial charge in [-0.1, -0.05) is 30.3 Å². The van der Waals surface area contributed by atoms with Crippen LogP contribution in [0.4, 0.5) is 0 Å². The fraction of sp³-hybridized carbons (Fsp3) is 0.647. The largest absolute Gasteiger partial charge is 0.385 e. The van der Waals surface area contributed by atoms with Crippen LogP contribution in [0.5, 0.6) is 0 Å². The maximum absolute atomic E-state index is 11.1. The number of rotatable bonds is 1. The van der Waals surface area contributed by atoms with E-state index in [4.69, 9.17) is 0 Å². The highest BCUT2D eigenvalue weighted by Gasteiger charge is 2.51. The van der Waals surface area contributed by atoms with Crippen LogP contribution in [-0.4, -0.2) is 27.6 Å². The van der Waals surface area contributed by atoms with Gasteiger partial charge in [-0.25, -0.2) is 0 Å². The Morgan fingerprint density at radius 3 is 2.05 bits per heavy atom. The van der Waals surface area contributed by atoms with E-state index in [0.717, 1.165) is 18.4 Å². The summed E-state index contributed by atoms with van der Waals surface area (Å²) in [5.41, 5.74) is 0.694. The minimum Gasteiger partial charge on any atom is -0.385 e. The molecule has 2 bridgehead atoms. The molecule has 0 aromatic heterocycles. The molecule has 2 heteroatoms. The maximum atomic E-state index is 11.1. The molecule has 104 valence electrons. The van der Waals surface area contributed by atoms with E-state index in [1.54, 1.807) is 0 Å². The maximum Gasteiger partial charge on any atom is 0.0926 e. The van der Waals surface area contributed by atoms with Crippen molar-refractivity contribution in [1.82, 2.24) is 4.90 Å². The van der Waals surface area contributed by atoms with Crippen LogP contribution in [0.1, 0.15) is 52.0 Å². The molecule has 0 amide bonds. The van der Waals surface area contributed by atoms with Crippen LogP contribution < -0.4 is 0 Å². The first kappa shape index (κ1) is 13.1. The highest BCUT2D eigenvalue weighted by atomic mass is 16.3. The molecule has 2 heterocycles. The summed E-state index contributed by atoms with van der Waals surface area (Å²) in [5.74, 6) is 0. The van der Waals surface area contributed by atoms with E-state index in [9.17, 15) is 5.11 Å². The van der Waals surface area contributed by atoms with Gasteiger partial charge in [-0.15, -0.1) is 0 Å². The van der Waals surface area contributed by atoms with Crippen LogP contribution >= 0.6 is 0 Å². The summed E-state index contributed by atoms with van der Waals surface area (Å²) in [6, 6.07) is 11.3. The van der Waals surface area contributed by atoms with Gasteiger partial charge in [0.2, 0.25) is 0 Å². The standard InChI is InChI=1S/C17H25NO/c1-16(2,3)18-14-9-10-15(18)12-17(19,11-14)13-7-5-4-6-8-13/h4-8,14-15,19H,9-12H2,1-3H3/t14-,15+,17?. The second-order valence-corrected chi connectivity index (χ2v) is 7.27. The molecule has 3 rings (SSSR count). The molecule has 2 fully saturated rings. The lowest BCUT2D eigenvalue weighted by molar-refractivity contribution is -0.0825. The SMILES string of the molecule is CC(C)(C)N1[C@@H]2CC[C@H]1CC(O)(c1ccccc1)C2. The normalized spacial score (nSPS) is 35.6. The predicted molar refractivity (Wildman–Crippen MR) is 78.0 cm³/mol. The van der Waals surface area contributed by atoms with Gasteiger partial charge in [-0.2, -0.15) is 0 Å². The molecule has 0 radical (unpaired) electrons. The van der Waals surface area contributed by atoms with Gasteiger partial charge in [0.1, 0.15) is 0 Å². The van der Waals surface area contributed by atoms with E-state index in [0.29, 0.717) is 12.1 Å². The smallest absolute Gasteiger partial charge is 0.0926 e. The molecule has 1 aromatic rings. The third kappa shape index (κ3) is 2.21. The van der Waals surface area contributed by atoms with Gasteiger partial charge >= 0.3 is 0 Å². The minimum absolute atomic E-state index is 0.212. The van der Waals surface area contributed by atoms with Crippen LogP contribution in [0.3, 0.4) is 0 Å². The third-order valence-electron chi connectivity index (χ3n) is 4.85. The van der Waals surface area contributed by atoms with E-state index in [2.05, 4.69) is 37.8 Å².